The highest BCUT2D eigenvalue weighted by Gasteiger charge is 2.49. The van der Waals surface area contributed by atoms with Crippen LogP contribution in [0.2, 0.25) is 0 Å². The van der Waals surface area contributed by atoms with Gasteiger partial charge in [-0.15, -0.1) is 0 Å². The summed E-state index contributed by atoms with van der Waals surface area (Å²) in [6, 6.07) is 23.9. The van der Waals surface area contributed by atoms with Gasteiger partial charge in [-0.2, -0.15) is 4.99 Å². The van der Waals surface area contributed by atoms with Crippen molar-refractivity contribution < 1.29 is 22.7 Å². The number of benzene rings is 3. The molecule has 7 nitrogen and oxygen atoms in total. The maximum Gasteiger partial charge on any atom is 0.252 e. The molecule has 35 heavy (non-hydrogen) atoms. The smallest absolute Gasteiger partial charge is 0.252 e. The van der Waals surface area contributed by atoms with Crippen LogP contribution in [0.3, 0.4) is 0 Å². The maximum absolute atomic E-state index is 12.8. The van der Waals surface area contributed by atoms with Crippen molar-refractivity contribution >= 4 is 38.4 Å². The van der Waals surface area contributed by atoms with E-state index in [4.69, 9.17) is 9.47 Å². The van der Waals surface area contributed by atoms with E-state index in [1.807, 2.05) is 71.6 Å². The summed E-state index contributed by atoms with van der Waals surface area (Å²) < 4.78 is 35.7. The van der Waals surface area contributed by atoms with E-state index in [0.29, 0.717) is 10.9 Å². The zero-order valence-electron chi connectivity index (χ0n) is 19.0. The number of carbonyl (C=O) groups is 1. The molecule has 0 aliphatic carbocycles. The number of rotatable bonds is 6. The van der Waals surface area contributed by atoms with E-state index in [1.54, 1.807) is 19.2 Å². The predicted molar refractivity (Wildman–Crippen MR) is 138 cm³/mol. The van der Waals surface area contributed by atoms with Gasteiger partial charge in [0.15, 0.2) is 15.0 Å². The summed E-state index contributed by atoms with van der Waals surface area (Å²) >= 11 is 1.36. The number of thioether (sulfide) groups is 1. The number of amides is 1. The van der Waals surface area contributed by atoms with Crippen LogP contribution in [0.4, 0.5) is 5.69 Å². The lowest BCUT2D eigenvalue weighted by molar-refractivity contribution is -0.117. The third-order valence-corrected chi connectivity index (χ3v) is 9.10. The molecule has 2 saturated heterocycles. The Balaban J connectivity index is 1.38. The summed E-state index contributed by atoms with van der Waals surface area (Å²) in [7, 11) is -1.55. The first-order valence-electron chi connectivity index (χ1n) is 11.1. The minimum Gasteiger partial charge on any atom is -0.497 e. The number of fused-ring (bicyclic) bond motifs is 1. The number of nitrogens with zero attached hydrogens (tertiary/aromatic N) is 2. The van der Waals surface area contributed by atoms with Gasteiger partial charge in [-0.1, -0.05) is 42.1 Å². The highest BCUT2D eigenvalue weighted by atomic mass is 32.2. The van der Waals surface area contributed by atoms with Crippen molar-refractivity contribution in [2.75, 3.05) is 23.5 Å². The first-order valence-corrected chi connectivity index (χ1v) is 13.8. The fraction of sp³-hybridized carbons (Fsp3) is 0.231. The van der Waals surface area contributed by atoms with E-state index in [2.05, 4.69) is 4.99 Å². The van der Waals surface area contributed by atoms with Crippen LogP contribution in [0.25, 0.3) is 0 Å². The summed E-state index contributed by atoms with van der Waals surface area (Å²) in [5.41, 5.74) is 1.61. The van der Waals surface area contributed by atoms with Gasteiger partial charge in [-0.3, -0.25) is 4.79 Å². The summed E-state index contributed by atoms with van der Waals surface area (Å²) in [5.74, 6) is 1.95. The molecule has 2 heterocycles. The lowest BCUT2D eigenvalue weighted by atomic mass is 10.1. The number of hydrogen-bond donors (Lipinski definition) is 0. The van der Waals surface area contributed by atoms with Crippen molar-refractivity contribution in [1.82, 2.24) is 0 Å². The Hall–Kier alpha value is -3.30. The summed E-state index contributed by atoms with van der Waals surface area (Å²) in [6.45, 7) is 0. The van der Waals surface area contributed by atoms with Gasteiger partial charge in [-0.05, 0) is 54.1 Å². The zero-order chi connectivity index (χ0) is 24.4. The Morgan fingerprint density at radius 1 is 0.943 bits per heavy atom. The largest absolute Gasteiger partial charge is 0.497 e. The maximum atomic E-state index is 12.8. The zero-order valence-corrected chi connectivity index (χ0v) is 20.7. The van der Waals surface area contributed by atoms with E-state index in [0.717, 1.165) is 22.7 Å². The number of carbonyl (C=O) groups excluding carboxylic acids is 1. The second-order valence-electron chi connectivity index (χ2n) is 8.39. The number of aliphatic imine (C=N–C) groups is 1. The lowest BCUT2D eigenvalue weighted by Gasteiger charge is -2.24. The molecule has 0 radical (unpaired) electrons. The number of anilines is 1. The van der Waals surface area contributed by atoms with Gasteiger partial charge in [0.25, 0.3) is 5.91 Å². The molecule has 2 fully saturated rings. The molecule has 9 heteroatoms. The minimum absolute atomic E-state index is 0.0403. The second-order valence-corrected chi connectivity index (χ2v) is 11.8. The van der Waals surface area contributed by atoms with Gasteiger partial charge in [-0.25, -0.2) is 8.42 Å². The number of hydrogen-bond acceptors (Lipinski definition) is 6. The van der Waals surface area contributed by atoms with Crippen LogP contribution in [0.15, 0.2) is 83.9 Å². The molecule has 3 aromatic rings. The second kappa shape index (κ2) is 9.75. The number of ether oxygens (including phenoxy) is 2. The molecule has 1 amide bonds. The Morgan fingerprint density at radius 2 is 1.60 bits per heavy atom. The fourth-order valence-electron chi connectivity index (χ4n) is 4.23. The third kappa shape index (κ3) is 5.36. The van der Waals surface area contributed by atoms with Crippen molar-refractivity contribution in [2.24, 2.45) is 4.99 Å². The van der Waals surface area contributed by atoms with E-state index < -0.39 is 9.84 Å². The van der Waals surface area contributed by atoms with Crippen molar-refractivity contribution in [3.05, 3.63) is 84.4 Å². The van der Waals surface area contributed by atoms with E-state index in [9.17, 15) is 13.2 Å². The molecule has 3 aromatic carbocycles. The standard InChI is InChI=1S/C26H24N2O5S2/c1-32-20-11-7-18(8-12-20)15-25(29)27-26-28(23-16-35(30,31)17-24(23)34-26)19-9-13-22(14-10-19)33-21-5-3-2-4-6-21/h2-14,23-24H,15-17H2,1H3. The van der Waals surface area contributed by atoms with E-state index >= 15 is 0 Å². The molecule has 2 aliphatic heterocycles. The first kappa shape index (κ1) is 23.4. The normalized spacial score (nSPS) is 21.6. The Morgan fingerprint density at radius 3 is 2.29 bits per heavy atom. The molecule has 2 unspecified atom stereocenters. The monoisotopic (exact) mass is 508 g/mol. The summed E-state index contributed by atoms with van der Waals surface area (Å²) in [5, 5.41) is 0.373. The quantitative estimate of drug-likeness (QED) is 0.490. The van der Waals surface area contributed by atoms with Crippen molar-refractivity contribution in [3.8, 4) is 17.2 Å². The molecular weight excluding hydrogens is 484 g/mol. The van der Waals surface area contributed by atoms with Crippen LogP contribution in [0.5, 0.6) is 17.2 Å². The Bertz CT molecular complexity index is 1340. The van der Waals surface area contributed by atoms with Crippen molar-refractivity contribution in [3.63, 3.8) is 0 Å². The molecule has 0 saturated carbocycles. The van der Waals surface area contributed by atoms with Crippen molar-refractivity contribution in [1.29, 1.82) is 0 Å². The summed E-state index contributed by atoms with van der Waals surface area (Å²) in [4.78, 5) is 19.1. The first-order chi connectivity index (χ1) is 16.9. The van der Waals surface area contributed by atoms with Crippen LogP contribution in [0, 0.1) is 0 Å². The molecular formula is C26H24N2O5S2. The number of para-hydroxylation sites is 1. The molecule has 5 rings (SSSR count). The molecule has 180 valence electrons. The number of amidine groups is 1. The Kier molecular flexibility index (Phi) is 6.53. The average molecular weight is 509 g/mol. The van der Waals surface area contributed by atoms with Gasteiger partial charge in [0.05, 0.1) is 31.1 Å². The number of methoxy groups -OCH3 is 1. The van der Waals surface area contributed by atoms with Crippen LogP contribution in [0.1, 0.15) is 5.56 Å². The molecule has 2 aliphatic rings. The third-order valence-electron chi connectivity index (χ3n) is 5.90. The fourth-order valence-corrected chi connectivity index (χ4v) is 8.16. The average Bonchev–Trinajstić information content (AvgIpc) is 3.31. The molecule has 0 bridgehead atoms. The number of sulfone groups is 1. The van der Waals surface area contributed by atoms with E-state index in [-0.39, 0.29) is 35.1 Å². The van der Waals surface area contributed by atoms with Crippen LogP contribution in [-0.2, 0) is 21.1 Å². The SMILES string of the molecule is COc1ccc(CC(=O)N=C2SC3CS(=O)(=O)CC3N2c2ccc(Oc3ccccc3)cc2)cc1. The highest BCUT2D eigenvalue weighted by Crippen LogP contribution is 2.41. The van der Waals surface area contributed by atoms with Crippen LogP contribution < -0.4 is 14.4 Å². The van der Waals surface area contributed by atoms with Gasteiger partial charge < -0.3 is 14.4 Å². The van der Waals surface area contributed by atoms with E-state index in [1.165, 1.54) is 11.8 Å². The van der Waals surface area contributed by atoms with Gasteiger partial charge in [0.2, 0.25) is 0 Å². The predicted octanol–water partition coefficient (Wildman–Crippen LogP) is 4.33. The molecule has 0 aromatic heterocycles. The van der Waals surface area contributed by atoms with Gasteiger partial charge in [0.1, 0.15) is 17.2 Å². The molecule has 0 N–H and O–H groups in total. The highest BCUT2D eigenvalue weighted by molar-refractivity contribution is 8.16. The Labute approximate surface area is 208 Å². The van der Waals surface area contributed by atoms with Gasteiger partial charge in [0, 0.05) is 10.9 Å². The summed E-state index contributed by atoms with van der Waals surface area (Å²) in [6.07, 6.45) is 0.152. The van der Waals surface area contributed by atoms with Crippen molar-refractivity contribution in [2.45, 2.75) is 17.7 Å². The molecule has 0 spiro atoms. The topological polar surface area (TPSA) is 85.3 Å². The lowest BCUT2D eigenvalue weighted by Crippen LogP contribution is -2.37. The molecule has 2 atom stereocenters. The van der Waals surface area contributed by atoms with Crippen LogP contribution in [-0.4, -0.2) is 49.4 Å². The van der Waals surface area contributed by atoms with Gasteiger partial charge >= 0.3 is 0 Å². The van der Waals surface area contributed by atoms with Crippen LogP contribution >= 0.6 is 11.8 Å². The minimum atomic E-state index is -3.14.